The first-order valence-corrected chi connectivity index (χ1v) is 21.9. The van der Waals surface area contributed by atoms with Crippen molar-refractivity contribution in [3.05, 3.63) is 101 Å². The standard InChI is InChI=1S/C41H51N5O6Si/c1-28-39(53(3,4)50)37(21-23-44-26-35(42-43-44)33(27-47)30-12-8-7-9-13-30)52-41(28)34-24-32(51-2)19-20-36(34)46(40(41)49)25-29-15-17-31(18-16-29)45-22-11-6-5-10-14-38(45)48/h7-9,12-13,15-20,24,26,28,33,37,39,47,50H,5-6,10-11,14,21-23,25,27H2,1-4H3/t28-,33?,37+,39-,41+/m1/s1. The minimum absolute atomic E-state index is 0.0927. The number of anilines is 2. The Kier molecular flexibility index (Phi) is 10.6. The van der Waals surface area contributed by atoms with Gasteiger partial charge in [0.05, 0.1) is 43.7 Å². The van der Waals surface area contributed by atoms with Gasteiger partial charge in [-0.2, -0.15) is 0 Å². The predicted octanol–water partition coefficient (Wildman–Crippen LogP) is 6.14. The lowest BCUT2D eigenvalue weighted by atomic mass is 9.82. The SMILES string of the molecule is COc1ccc2c(c1)[C@]1(O[C@@H](CCn3cc(C(CO)c4ccccc4)nn3)[C@H]([Si](C)(C)O)[C@H]1C)C(=O)N2Cc1ccc(N2CCCCCCC2=O)cc1. The van der Waals surface area contributed by atoms with Gasteiger partial charge in [-0.05, 0) is 73.8 Å². The maximum Gasteiger partial charge on any atom is 0.264 e. The van der Waals surface area contributed by atoms with E-state index in [1.165, 1.54) is 0 Å². The molecule has 11 nitrogen and oxygen atoms in total. The van der Waals surface area contributed by atoms with E-state index in [-0.39, 0.29) is 35.8 Å². The number of aromatic nitrogens is 3. The van der Waals surface area contributed by atoms with Gasteiger partial charge in [0, 0.05) is 48.4 Å². The number of carbonyl (C=O) groups excluding carboxylic acids is 2. The van der Waals surface area contributed by atoms with Crippen LogP contribution in [0.3, 0.4) is 0 Å². The molecule has 2 amide bonds. The molecule has 3 aliphatic rings. The van der Waals surface area contributed by atoms with E-state index in [1.807, 2.05) is 104 Å². The van der Waals surface area contributed by atoms with Crippen LogP contribution >= 0.6 is 0 Å². The lowest BCUT2D eigenvalue weighted by molar-refractivity contribution is -0.146. The maximum absolute atomic E-state index is 15.0. The summed E-state index contributed by atoms with van der Waals surface area (Å²) in [5, 5.41) is 19.0. The van der Waals surface area contributed by atoms with Crippen molar-refractivity contribution in [2.45, 2.75) is 94.8 Å². The summed E-state index contributed by atoms with van der Waals surface area (Å²) in [4.78, 5) is 43.3. The molecule has 2 fully saturated rings. The highest BCUT2D eigenvalue weighted by Gasteiger charge is 2.66. The van der Waals surface area contributed by atoms with E-state index in [1.54, 1.807) is 16.7 Å². The number of hydrogen-bond acceptors (Lipinski definition) is 8. The molecule has 0 aliphatic carbocycles. The van der Waals surface area contributed by atoms with Gasteiger partial charge in [-0.3, -0.25) is 14.3 Å². The molecule has 5 atom stereocenters. The number of aliphatic hydroxyl groups excluding tert-OH is 1. The number of carbonyl (C=O) groups is 2. The van der Waals surface area contributed by atoms with Crippen molar-refractivity contribution in [2.75, 3.05) is 30.1 Å². The van der Waals surface area contributed by atoms with Crippen LogP contribution in [0.4, 0.5) is 11.4 Å². The molecule has 280 valence electrons. The number of benzene rings is 3. The van der Waals surface area contributed by atoms with Crippen LogP contribution in [0.15, 0.2) is 79.0 Å². The molecule has 1 aromatic heterocycles. The Morgan fingerprint density at radius 1 is 1.02 bits per heavy atom. The lowest BCUT2D eigenvalue weighted by Gasteiger charge is -2.32. The molecule has 4 heterocycles. The minimum Gasteiger partial charge on any atom is -0.497 e. The molecule has 3 aliphatic heterocycles. The second kappa shape index (κ2) is 15.2. The van der Waals surface area contributed by atoms with Crippen molar-refractivity contribution >= 4 is 31.5 Å². The fourth-order valence-electron chi connectivity index (χ4n) is 8.90. The fraction of sp³-hybridized carbons (Fsp3) is 0.463. The number of ether oxygens (including phenoxy) is 2. The van der Waals surface area contributed by atoms with E-state index in [9.17, 15) is 19.5 Å². The number of hydrogen-bond donors (Lipinski definition) is 2. The zero-order valence-electron chi connectivity index (χ0n) is 31.1. The molecule has 0 radical (unpaired) electrons. The number of amides is 2. The van der Waals surface area contributed by atoms with E-state index in [0.717, 1.165) is 60.3 Å². The van der Waals surface area contributed by atoms with E-state index < -0.39 is 20.0 Å². The first-order valence-electron chi connectivity index (χ1n) is 18.9. The minimum atomic E-state index is -2.89. The molecule has 2 saturated heterocycles. The number of aryl methyl sites for hydroxylation is 1. The molecule has 0 bridgehead atoms. The second-order valence-corrected chi connectivity index (χ2v) is 19.3. The number of fused-ring (bicyclic) bond motifs is 2. The summed E-state index contributed by atoms with van der Waals surface area (Å²) in [6.07, 6.45) is 6.65. The van der Waals surface area contributed by atoms with Gasteiger partial charge in [0.2, 0.25) is 5.91 Å². The van der Waals surface area contributed by atoms with Crippen LogP contribution in [0.25, 0.3) is 0 Å². The first kappa shape index (κ1) is 37.0. The molecule has 3 aromatic carbocycles. The average molecular weight is 738 g/mol. The Balaban J connectivity index is 1.15. The van der Waals surface area contributed by atoms with Gasteiger partial charge in [-0.15, -0.1) is 5.10 Å². The molecule has 12 heteroatoms. The van der Waals surface area contributed by atoms with Gasteiger partial charge in [-0.1, -0.05) is 67.4 Å². The van der Waals surface area contributed by atoms with Crippen LogP contribution in [0.5, 0.6) is 5.75 Å². The van der Waals surface area contributed by atoms with Gasteiger partial charge < -0.3 is 29.2 Å². The third-order valence-corrected chi connectivity index (χ3v) is 14.0. The Bertz CT molecular complexity index is 1910. The topological polar surface area (TPSA) is 130 Å². The van der Waals surface area contributed by atoms with E-state index in [2.05, 4.69) is 10.3 Å². The Morgan fingerprint density at radius 3 is 2.49 bits per heavy atom. The number of nitrogens with zero attached hydrogens (tertiary/aromatic N) is 5. The van der Waals surface area contributed by atoms with Gasteiger partial charge in [0.15, 0.2) is 13.9 Å². The monoisotopic (exact) mass is 737 g/mol. The Morgan fingerprint density at radius 2 is 1.77 bits per heavy atom. The lowest BCUT2D eigenvalue weighted by Crippen LogP contribution is -2.46. The van der Waals surface area contributed by atoms with Crippen LogP contribution in [0, 0.1) is 5.92 Å². The molecule has 1 unspecified atom stereocenters. The summed E-state index contributed by atoms with van der Waals surface area (Å²) >= 11 is 0. The van der Waals surface area contributed by atoms with E-state index >= 15 is 0 Å². The zero-order valence-corrected chi connectivity index (χ0v) is 32.1. The van der Waals surface area contributed by atoms with Crippen LogP contribution in [-0.2, 0) is 33.0 Å². The summed E-state index contributed by atoms with van der Waals surface area (Å²) < 4.78 is 14.5. The van der Waals surface area contributed by atoms with Crippen molar-refractivity contribution in [3.8, 4) is 5.75 Å². The second-order valence-electron chi connectivity index (χ2n) is 15.4. The van der Waals surface area contributed by atoms with Crippen LogP contribution in [0.2, 0.25) is 18.6 Å². The summed E-state index contributed by atoms with van der Waals surface area (Å²) in [7, 11) is -1.27. The van der Waals surface area contributed by atoms with Gasteiger partial charge >= 0.3 is 0 Å². The Labute approximate surface area is 312 Å². The predicted molar refractivity (Wildman–Crippen MR) is 205 cm³/mol. The molecule has 0 saturated carbocycles. The van der Waals surface area contributed by atoms with Crippen LogP contribution in [-0.4, -0.2) is 71.4 Å². The number of methoxy groups -OCH3 is 1. The summed E-state index contributed by atoms with van der Waals surface area (Å²) in [6.45, 7) is 7.30. The number of aliphatic hydroxyl groups is 1. The number of rotatable bonds is 11. The first-order chi connectivity index (χ1) is 25.5. The van der Waals surface area contributed by atoms with Gasteiger partial charge in [-0.25, -0.2) is 0 Å². The third kappa shape index (κ3) is 7.05. The smallest absolute Gasteiger partial charge is 0.264 e. The van der Waals surface area contributed by atoms with Crippen molar-refractivity contribution in [2.24, 2.45) is 5.92 Å². The van der Waals surface area contributed by atoms with Gasteiger partial charge in [0.1, 0.15) is 5.75 Å². The quantitative estimate of drug-likeness (QED) is 0.176. The zero-order chi connectivity index (χ0) is 37.3. The highest BCUT2D eigenvalue weighted by atomic mass is 28.4. The molecular weight excluding hydrogens is 687 g/mol. The molecular formula is C41H51N5O6Si. The normalized spacial score (nSPS) is 24.0. The van der Waals surface area contributed by atoms with Gasteiger partial charge in [0.25, 0.3) is 5.91 Å². The summed E-state index contributed by atoms with van der Waals surface area (Å²) in [5.74, 6) is 0.0153. The highest BCUT2D eigenvalue weighted by Crippen LogP contribution is 2.60. The fourth-order valence-corrected chi connectivity index (χ4v) is 11.5. The molecule has 4 aromatic rings. The molecule has 1 spiro atoms. The van der Waals surface area contributed by atoms with Crippen molar-refractivity contribution in [1.29, 1.82) is 0 Å². The van der Waals surface area contributed by atoms with E-state index in [0.29, 0.717) is 37.4 Å². The van der Waals surface area contributed by atoms with Crippen LogP contribution < -0.4 is 14.5 Å². The largest absolute Gasteiger partial charge is 0.497 e. The molecule has 7 rings (SSSR count). The van der Waals surface area contributed by atoms with Crippen LogP contribution in [0.1, 0.15) is 73.8 Å². The molecule has 53 heavy (non-hydrogen) atoms. The highest BCUT2D eigenvalue weighted by molar-refractivity contribution is 6.71. The Hall–Kier alpha value is -4.36. The molecule has 2 N–H and O–H groups in total. The average Bonchev–Trinajstić information content (AvgIpc) is 3.80. The summed E-state index contributed by atoms with van der Waals surface area (Å²) in [5.41, 5.74) is 3.41. The maximum atomic E-state index is 15.0. The van der Waals surface area contributed by atoms with Crippen molar-refractivity contribution in [1.82, 2.24) is 15.0 Å². The summed E-state index contributed by atoms with van der Waals surface area (Å²) in [6, 6.07) is 23.4. The third-order valence-electron chi connectivity index (χ3n) is 11.5. The van der Waals surface area contributed by atoms with E-state index in [4.69, 9.17) is 9.47 Å². The van der Waals surface area contributed by atoms with Crippen molar-refractivity contribution < 1.29 is 29.0 Å². The van der Waals surface area contributed by atoms with Crippen molar-refractivity contribution in [3.63, 3.8) is 0 Å².